The molecule has 0 bridgehead atoms. The molecule has 10 heteroatoms. The Hall–Kier alpha value is -2.08. The molecule has 1 aliphatic rings. The zero-order chi connectivity index (χ0) is 21.4. The highest BCUT2D eigenvalue weighted by molar-refractivity contribution is 14.0. The predicted molar refractivity (Wildman–Crippen MR) is 125 cm³/mol. The van der Waals surface area contributed by atoms with Gasteiger partial charge in [0.05, 0.1) is 12.2 Å². The molecule has 1 atom stereocenters. The molecule has 1 aliphatic heterocycles. The van der Waals surface area contributed by atoms with E-state index in [-0.39, 0.29) is 30.0 Å². The molecule has 170 valence electrons. The summed E-state index contributed by atoms with van der Waals surface area (Å²) >= 11 is 0. The highest BCUT2D eigenvalue weighted by Gasteiger charge is 2.34. The van der Waals surface area contributed by atoms with Crippen LogP contribution in [0.3, 0.4) is 0 Å². The van der Waals surface area contributed by atoms with Crippen molar-refractivity contribution in [1.29, 1.82) is 0 Å². The maximum Gasteiger partial charge on any atom is 0.401 e. The maximum atomic E-state index is 12.5. The largest absolute Gasteiger partial charge is 0.487 e. The van der Waals surface area contributed by atoms with Gasteiger partial charge in [0.15, 0.2) is 5.96 Å². The van der Waals surface area contributed by atoms with Crippen LogP contribution < -0.4 is 15.4 Å². The topological polar surface area (TPSA) is 61.8 Å². The Morgan fingerprint density at radius 3 is 2.81 bits per heavy atom. The monoisotopic (exact) mass is 549 g/mol. The Morgan fingerprint density at radius 1 is 1.26 bits per heavy atom. The molecule has 2 N–H and O–H groups in total. The van der Waals surface area contributed by atoms with E-state index >= 15 is 0 Å². The third kappa shape index (κ3) is 8.90. The van der Waals surface area contributed by atoms with Gasteiger partial charge in [-0.2, -0.15) is 13.2 Å². The molecule has 2 heterocycles. The average molecular weight is 549 g/mol. The van der Waals surface area contributed by atoms with Crippen LogP contribution in [0.5, 0.6) is 5.75 Å². The number of halogens is 4. The molecular weight excluding hydrogens is 522 g/mol. The van der Waals surface area contributed by atoms with Crippen molar-refractivity contribution in [2.45, 2.75) is 31.8 Å². The Kier molecular flexibility index (Phi) is 9.82. The van der Waals surface area contributed by atoms with Crippen LogP contribution in [0.4, 0.5) is 13.2 Å². The number of pyridine rings is 1. The van der Waals surface area contributed by atoms with Gasteiger partial charge in [0.2, 0.25) is 0 Å². The Balaban J connectivity index is 0.00000341. The van der Waals surface area contributed by atoms with E-state index in [0.717, 1.165) is 17.0 Å². The quantitative estimate of drug-likeness (QED) is 0.314. The van der Waals surface area contributed by atoms with Gasteiger partial charge >= 0.3 is 6.18 Å². The number of alkyl halides is 3. The molecule has 1 aromatic carbocycles. The fourth-order valence-corrected chi connectivity index (χ4v) is 3.31. The number of nitrogens with one attached hydrogen (secondary N) is 2. The summed E-state index contributed by atoms with van der Waals surface area (Å²) in [6.07, 6.45) is -1.80. The Bertz CT molecular complexity index is 835. The molecule has 1 aromatic heterocycles. The highest BCUT2D eigenvalue weighted by atomic mass is 127. The molecular formula is C21H27F3IN5O. The van der Waals surface area contributed by atoms with Crippen molar-refractivity contribution in [2.75, 3.05) is 26.7 Å². The van der Waals surface area contributed by atoms with Crippen molar-refractivity contribution in [2.24, 2.45) is 4.99 Å². The first-order valence-corrected chi connectivity index (χ1v) is 9.79. The number of ether oxygens (including phenoxy) is 1. The number of nitrogens with zero attached hydrogens (tertiary/aromatic N) is 3. The van der Waals surface area contributed by atoms with Crippen molar-refractivity contribution in [1.82, 2.24) is 20.5 Å². The molecule has 0 aliphatic carbocycles. The zero-order valence-electron chi connectivity index (χ0n) is 17.2. The van der Waals surface area contributed by atoms with E-state index in [4.69, 9.17) is 4.74 Å². The molecule has 0 amide bonds. The number of rotatable bonds is 7. The third-order valence-corrected chi connectivity index (χ3v) is 4.71. The van der Waals surface area contributed by atoms with E-state index < -0.39 is 12.7 Å². The summed E-state index contributed by atoms with van der Waals surface area (Å²) in [4.78, 5) is 9.82. The van der Waals surface area contributed by atoms with Crippen LogP contribution in [0.2, 0.25) is 0 Å². The van der Waals surface area contributed by atoms with Crippen molar-refractivity contribution in [3.05, 3.63) is 59.9 Å². The number of aromatic nitrogens is 1. The van der Waals surface area contributed by atoms with Gasteiger partial charge in [-0.1, -0.05) is 18.2 Å². The average Bonchev–Trinajstić information content (AvgIpc) is 3.15. The minimum absolute atomic E-state index is 0. The molecule has 1 fully saturated rings. The Labute approximate surface area is 197 Å². The number of hydrogen-bond acceptors (Lipinski definition) is 4. The summed E-state index contributed by atoms with van der Waals surface area (Å²) in [5.41, 5.74) is 1.85. The first-order valence-electron chi connectivity index (χ1n) is 9.79. The van der Waals surface area contributed by atoms with E-state index in [1.54, 1.807) is 13.2 Å². The standard InChI is InChI=1S/C21H26F3N5O.HI/c1-25-20(28-17-8-10-29(13-17)15-21(22,23)24)27-12-16-5-4-7-19(11-16)30-14-18-6-2-3-9-26-18;/h2-7,9,11,17H,8,10,12-15H2,1H3,(H2,25,27,28);1H. The molecule has 3 rings (SSSR count). The predicted octanol–water partition coefficient (Wildman–Crippen LogP) is 3.58. The van der Waals surface area contributed by atoms with Gasteiger partial charge in [-0.25, -0.2) is 0 Å². The molecule has 6 nitrogen and oxygen atoms in total. The van der Waals surface area contributed by atoms with Crippen molar-refractivity contribution < 1.29 is 17.9 Å². The van der Waals surface area contributed by atoms with Gasteiger partial charge in [0, 0.05) is 38.9 Å². The van der Waals surface area contributed by atoms with Gasteiger partial charge in [-0.3, -0.25) is 14.9 Å². The summed E-state index contributed by atoms with van der Waals surface area (Å²) in [5.74, 6) is 1.30. The summed E-state index contributed by atoms with van der Waals surface area (Å²) in [7, 11) is 1.64. The fraction of sp³-hybridized carbons (Fsp3) is 0.429. The third-order valence-electron chi connectivity index (χ3n) is 4.71. The summed E-state index contributed by atoms with van der Waals surface area (Å²) in [6.45, 7) is 0.792. The second-order valence-corrected chi connectivity index (χ2v) is 7.16. The number of benzene rings is 1. The molecule has 1 saturated heterocycles. The number of aliphatic imine (C=N–C) groups is 1. The van der Waals surface area contributed by atoms with Crippen LogP contribution in [0, 0.1) is 0 Å². The molecule has 31 heavy (non-hydrogen) atoms. The molecule has 0 saturated carbocycles. The minimum atomic E-state index is -4.17. The normalized spacial score (nSPS) is 17.2. The van der Waals surface area contributed by atoms with Crippen LogP contribution in [-0.4, -0.2) is 54.7 Å². The summed E-state index contributed by atoms with van der Waals surface area (Å²) in [5, 5.41) is 6.41. The van der Waals surface area contributed by atoms with Crippen molar-refractivity contribution in [3.8, 4) is 5.75 Å². The fourth-order valence-electron chi connectivity index (χ4n) is 3.31. The lowest BCUT2D eigenvalue weighted by Crippen LogP contribution is -2.44. The van der Waals surface area contributed by atoms with Gasteiger partial charge in [0.25, 0.3) is 0 Å². The van der Waals surface area contributed by atoms with Crippen LogP contribution in [0.15, 0.2) is 53.7 Å². The maximum absolute atomic E-state index is 12.5. The SMILES string of the molecule is CN=C(NCc1cccc(OCc2ccccn2)c1)NC1CCN(CC(F)(F)F)C1.I. The van der Waals surface area contributed by atoms with Gasteiger partial charge < -0.3 is 15.4 Å². The summed E-state index contributed by atoms with van der Waals surface area (Å²) < 4.78 is 43.4. The van der Waals surface area contributed by atoms with E-state index in [2.05, 4.69) is 20.6 Å². The van der Waals surface area contributed by atoms with Gasteiger partial charge in [0.1, 0.15) is 12.4 Å². The molecule has 1 unspecified atom stereocenters. The first kappa shape index (κ1) is 25.2. The number of guanidine groups is 1. The van der Waals surface area contributed by atoms with E-state index in [1.165, 1.54) is 4.90 Å². The van der Waals surface area contributed by atoms with E-state index in [0.29, 0.717) is 38.6 Å². The smallest absolute Gasteiger partial charge is 0.401 e. The van der Waals surface area contributed by atoms with Gasteiger partial charge in [-0.05, 0) is 36.2 Å². The Morgan fingerprint density at radius 2 is 2.10 bits per heavy atom. The second-order valence-electron chi connectivity index (χ2n) is 7.16. The summed E-state index contributed by atoms with van der Waals surface area (Å²) in [6, 6.07) is 13.3. The van der Waals surface area contributed by atoms with Crippen LogP contribution in [0.25, 0.3) is 0 Å². The van der Waals surface area contributed by atoms with Crippen molar-refractivity contribution in [3.63, 3.8) is 0 Å². The van der Waals surface area contributed by atoms with E-state index in [9.17, 15) is 13.2 Å². The van der Waals surface area contributed by atoms with Crippen molar-refractivity contribution >= 4 is 29.9 Å². The van der Waals surface area contributed by atoms with Gasteiger partial charge in [-0.15, -0.1) is 24.0 Å². The lowest BCUT2D eigenvalue weighted by atomic mass is 10.2. The highest BCUT2D eigenvalue weighted by Crippen LogP contribution is 2.20. The van der Waals surface area contributed by atoms with Crippen LogP contribution in [0.1, 0.15) is 17.7 Å². The molecule has 0 radical (unpaired) electrons. The lowest BCUT2D eigenvalue weighted by molar-refractivity contribution is -0.143. The number of hydrogen-bond donors (Lipinski definition) is 2. The minimum Gasteiger partial charge on any atom is -0.487 e. The zero-order valence-corrected chi connectivity index (χ0v) is 19.6. The number of likely N-dealkylation sites (tertiary alicyclic amines) is 1. The first-order chi connectivity index (χ1) is 14.4. The second kappa shape index (κ2) is 12.1. The van der Waals surface area contributed by atoms with Crippen LogP contribution >= 0.6 is 24.0 Å². The molecule has 0 spiro atoms. The van der Waals surface area contributed by atoms with E-state index in [1.807, 2.05) is 42.5 Å². The lowest BCUT2D eigenvalue weighted by Gasteiger charge is -2.20. The van der Waals surface area contributed by atoms with Crippen LogP contribution in [-0.2, 0) is 13.2 Å². The molecule has 2 aromatic rings.